The molecule has 0 saturated carbocycles. The Bertz CT molecular complexity index is 596. The predicted octanol–water partition coefficient (Wildman–Crippen LogP) is 3.15. The predicted molar refractivity (Wildman–Crippen MR) is 91.8 cm³/mol. The Labute approximate surface area is 135 Å². The smallest absolute Gasteiger partial charge is 0.265 e. The molecule has 1 aromatic carbocycles. The zero-order valence-corrected chi connectivity index (χ0v) is 13.8. The summed E-state index contributed by atoms with van der Waals surface area (Å²) in [6.07, 6.45) is 1.09. The highest BCUT2D eigenvalue weighted by Gasteiger charge is 2.17. The van der Waals surface area contributed by atoms with Gasteiger partial charge in [-0.2, -0.15) is 0 Å². The third-order valence-corrected chi connectivity index (χ3v) is 4.36. The fourth-order valence-electron chi connectivity index (χ4n) is 2.08. The molecule has 118 valence electrons. The first-order valence-corrected chi connectivity index (χ1v) is 8.30. The van der Waals surface area contributed by atoms with Gasteiger partial charge in [0, 0.05) is 18.0 Å². The molecular weight excluding hydrogens is 296 g/mol. The van der Waals surface area contributed by atoms with E-state index in [1.165, 1.54) is 11.3 Å². The van der Waals surface area contributed by atoms with Crippen LogP contribution in [0.5, 0.6) is 5.75 Å². The summed E-state index contributed by atoms with van der Waals surface area (Å²) in [7, 11) is 1.59. The second-order valence-electron chi connectivity index (χ2n) is 4.88. The van der Waals surface area contributed by atoms with Gasteiger partial charge in [0.1, 0.15) is 10.6 Å². The molecule has 0 saturated heterocycles. The van der Waals surface area contributed by atoms with Gasteiger partial charge in [0.25, 0.3) is 5.91 Å². The highest BCUT2D eigenvalue weighted by atomic mass is 32.1. The average Bonchev–Trinajstić information content (AvgIpc) is 3.00. The Kier molecular flexibility index (Phi) is 6.43. The van der Waals surface area contributed by atoms with Crippen molar-refractivity contribution < 1.29 is 9.53 Å². The molecule has 0 fully saturated rings. The molecule has 5 heteroatoms. The van der Waals surface area contributed by atoms with Gasteiger partial charge in [-0.15, -0.1) is 11.3 Å². The molecule has 2 aromatic rings. The number of amides is 1. The van der Waals surface area contributed by atoms with Crippen molar-refractivity contribution in [2.24, 2.45) is 0 Å². The third-order valence-electron chi connectivity index (χ3n) is 3.20. The van der Waals surface area contributed by atoms with E-state index in [0.29, 0.717) is 17.2 Å². The van der Waals surface area contributed by atoms with Crippen LogP contribution in [0.3, 0.4) is 0 Å². The molecule has 2 rings (SSSR count). The summed E-state index contributed by atoms with van der Waals surface area (Å²) in [4.78, 5) is 13.9. The van der Waals surface area contributed by atoms with Crippen LogP contribution in [-0.4, -0.2) is 32.7 Å². The first-order chi connectivity index (χ1) is 10.8. The highest BCUT2D eigenvalue weighted by molar-refractivity contribution is 7.17. The number of hydrogen-bond acceptors (Lipinski definition) is 4. The van der Waals surface area contributed by atoms with Crippen molar-refractivity contribution in [2.75, 3.05) is 26.7 Å². The number of rotatable bonds is 8. The Balaban J connectivity index is 2.03. The third kappa shape index (κ3) is 4.32. The molecule has 1 heterocycles. The van der Waals surface area contributed by atoms with Crippen molar-refractivity contribution in [3.63, 3.8) is 0 Å². The maximum atomic E-state index is 12.3. The van der Waals surface area contributed by atoms with Crippen LogP contribution in [0.2, 0.25) is 0 Å². The topological polar surface area (TPSA) is 50.4 Å². The lowest BCUT2D eigenvalue weighted by atomic mass is 10.2. The molecule has 1 amide bonds. The molecule has 0 spiro atoms. The number of carbonyl (C=O) groups excluding carboxylic acids is 1. The molecule has 0 aliphatic rings. The molecule has 0 bridgehead atoms. The van der Waals surface area contributed by atoms with Crippen LogP contribution in [0, 0.1) is 0 Å². The number of methoxy groups -OCH3 is 1. The van der Waals surface area contributed by atoms with Crippen LogP contribution in [0.25, 0.3) is 10.4 Å². The van der Waals surface area contributed by atoms with E-state index in [-0.39, 0.29) is 5.91 Å². The minimum Gasteiger partial charge on any atom is -0.495 e. The van der Waals surface area contributed by atoms with Crippen LogP contribution in [0.4, 0.5) is 0 Å². The van der Waals surface area contributed by atoms with Gasteiger partial charge in [0.15, 0.2) is 0 Å². The van der Waals surface area contributed by atoms with E-state index in [1.807, 2.05) is 36.4 Å². The standard InChI is InChI=1S/C17H22N2O2S/c1-3-9-18-10-11-19-17(20)16-14(21-2)12-15(22-16)13-7-5-4-6-8-13/h4-8,12,18H,3,9-11H2,1-2H3,(H,19,20). The van der Waals surface area contributed by atoms with E-state index < -0.39 is 0 Å². The van der Waals surface area contributed by atoms with Gasteiger partial charge in [-0.1, -0.05) is 37.3 Å². The highest BCUT2D eigenvalue weighted by Crippen LogP contribution is 2.35. The van der Waals surface area contributed by atoms with Gasteiger partial charge in [-0.25, -0.2) is 0 Å². The van der Waals surface area contributed by atoms with E-state index in [9.17, 15) is 4.79 Å². The minimum atomic E-state index is -0.0812. The fourth-order valence-corrected chi connectivity index (χ4v) is 3.12. The van der Waals surface area contributed by atoms with Crippen molar-refractivity contribution in [1.82, 2.24) is 10.6 Å². The van der Waals surface area contributed by atoms with Crippen LogP contribution in [0.15, 0.2) is 36.4 Å². The van der Waals surface area contributed by atoms with Gasteiger partial charge < -0.3 is 15.4 Å². The van der Waals surface area contributed by atoms with Gasteiger partial charge in [0.05, 0.1) is 7.11 Å². The van der Waals surface area contributed by atoms with Gasteiger partial charge in [-0.05, 0) is 24.6 Å². The first kappa shape index (κ1) is 16.5. The summed E-state index contributed by atoms with van der Waals surface area (Å²) in [5.74, 6) is 0.546. The van der Waals surface area contributed by atoms with Crippen LogP contribution in [-0.2, 0) is 0 Å². The summed E-state index contributed by atoms with van der Waals surface area (Å²) in [6.45, 7) is 4.48. The minimum absolute atomic E-state index is 0.0812. The SMILES string of the molecule is CCCNCCNC(=O)c1sc(-c2ccccc2)cc1OC. The quantitative estimate of drug-likeness (QED) is 0.735. The van der Waals surface area contributed by atoms with Gasteiger partial charge in [-0.3, -0.25) is 4.79 Å². The lowest BCUT2D eigenvalue weighted by Crippen LogP contribution is -2.31. The van der Waals surface area contributed by atoms with Gasteiger partial charge >= 0.3 is 0 Å². The van der Waals surface area contributed by atoms with E-state index >= 15 is 0 Å². The number of hydrogen-bond donors (Lipinski definition) is 2. The van der Waals surface area contributed by atoms with E-state index in [2.05, 4.69) is 17.6 Å². The Morgan fingerprint density at radius 3 is 2.64 bits per heavy atom. The molecule has 0 radical (unpaired) electrons. The molecule has 0 aliphatic heterocycles. The normalized spacial score (nSPS) is 10.5. The second-order valence-corrected chi connectivity index (χ2v) is 5.93. The monoisotopic (exact) mass is 318 g/mol. The Morgan fingerprint density at radius 1 is 1.18 bits per heavy atom. The maximum absolute atomic E-state index is 12.3. The van der Waals surface area contributed by atoms with Crippen LogP contribution in [0.1, 0.15) is 23.0 Å². The molecule has 4 nitrogen and oxygen atoms in total. The van der Waals surface area contributed by atoms with E-state index in [0.717, 1.165) is 30.0 Å². The van der Waals surface area contributed by atoms with Crippen molar-refractivity contribution >= 4 is 17.2 Å². The lowest BCUT2D eigenvalue weighted by Gasteiger charge is -2.06. The van der Waals surface area contributed by atoms with E-state index in [1.54, 1.807) is 7.11 Å². The Morgan fingerprint density at radius 2 is 1.95 bits per heavy atom. The number of carbonyl (C=O) groups is 1. The van der Waals surface area contributed by atoms with Gasteiger partial charge in [0.2, 0.25) is 0 Å². The summed E-state index contributed by atoms with van der Waals surface area (Å²) in [5.41, 5.74) is 1.09. The second kappa shape index (κ2) is 8.56. The lowest BCUT2D eigenvalue weighted by molar-refractivity contribution is 0.0955. The van der Waals surface area contributed by atoms with E-state index in [4.69, 9.17) is 4.74 Å². The van der Waals surface area contributed by atoms with Crippen molar-refractivity contribution in [1.29, 1.82) is 0 Å². The Hall–Kier alpha value is -1.85. The number of thiophene rings is 1. The number of benzene rings is 1. The molecule has 0 atom stereocenters. The molecule has 1 aromatic heterocycles. The number of ether oxygens (including phenoxy) is 1. The summed E-state index contributed by atoms with van der Waals surface area (Å²) in [5, 5.41) is 6.19. The van der Waals surface area contributed by atoms with Crippen LogP contribution < -0.4 is 15.4 Å². The zero-order chi connectivity index (χ0) is 15.8. The molecule has 22 heavy (non-hydrogen) atoms. The fraction of sp³-hybridized carbons (Fsp3) is 0.353. The molecule has 2 N–H and O–H groups in total. The first-order valence-electron chi connectivity index (χ1n) is 7.48. The summed E-state index contributed by atoms with van der Waals surface area (Å²) in [6, 6.07) is 11.9. The van der Waals surface area contributed by atoms with Crippen LogP contribution >= 0.6 is 11.3 Å². The molecule has 0 unspecified atom stereocenters. The largest absolute Gasteiger partial charge is 0.495 e. The maximum Gasteiger partial charge on any atom is 0.265 e. The summed E-state index contributed by atoms with van der Waals surface area (Å²) >= 11 is 1.46. The number of nitrogens with one attached hydrogen (secondary N) is 2. The average molecular weight is 318 g/mol. The van der Waals surface area contributed by atoms with Crippen molar-refractivity contribution in [3.05, 3.63) is 41.3 Å². The molecule has 0 aliphatic carbocycles. The molecular formula is C17H22N2O2S. The van der Waals surface area contributed by atoms with Crippen molar-refractivity contribution in [3.8, 4) is 16.2 Å². The zero-order valence-electron chi connectivity index (χ0n) is 13.0. The van der Waals surface area contributed by atoms with Crippen molar-refractivity contribution in [2.45, 2.75) is 13.3 Å². The summed E-state index contributed by atoms with van der Waals surface area (Å²) < 4.78 is 5.35.